The number of nitro groups is 1. The van der Waals surface area contributed by atoms with Gasteiger partial charge in [-0.1, -0.05) is 11.6 Å². The van der Waals surface area contributed by atoms with Gasteiger partial charge in [0.2, 0.25) is 5.75 Å². The molecule has 2 aromatic heterocycles. The second kappa shape index (κ2) is 5.62. The van der Waals surface area contributed by atoms with Crippen LogP contribution in [0.3, 0.4) is 0 Å². The minimum atomic E-state index is -0.568. The van der Waals surface area contributed by atoms with E-state index in [0.717, 1.165) is 5.56 Å². The molecule has 6 nitrogen and oxygen atoms in total. The highest BCUT2D eigenvalue weighted by atomic mass is 35.5. The number of ether oxygens (including phenoxy) is 1. The predicted molar refractivity (Wildman–Crippen MR) is 69.2 cm³/mol. The maximum atomic E-state index is 10.9. The van der Waals surface area contributed by atoms with Gasteiger partial charge >= 0.3 is 5.82 Å². The van der Waals surface area contributed by atoms with Gasteiger partial charge in [-0.25, -0.2) is 4.98 Å². The zero-order valence-corrected chi connectivity index (χ0v) is 10.8. The lowest BCUT2D eigenvalue weighted by molar-refractivity contribution is -0.390. The summed E-state index contributed by atoms with van der Waals surface area (Å²) in [5.74, 6) is -0.163. The Balaban J connectivity index is 2.17. The molecule has 2 aromatic rings. The first-order chi connectivity index (χ1) is 9.06. The summed E-state index contributed by atoms with van der Waals surface area (Å²) in [6.07, 6.45) is 1.54. The number of aryl methyl sites for hydroxylation is 1. The van der Waals surface area contributed by atoms with Crippen molar-refractivity contribution in [3.05, 3.63) is 57.0 Å². The summed E-state index contributed by atoms with van der Waals surface area (Å²) in [6, 6.07) is 6.54. The fourth-order valence-corrected chi connectivity index (χ4v) is 1.66. The number of hydrogen-bond acceptors (Lipinski definition) is 5. The lowest BCUT2D eigenvalue weighted by atomic mass is 10.3. The Morgan fingerprint density at radius 1 is 1.42 bits per heavy atom. The van der Waals surface area contributed by atoms with Gasteiger partial charge in [-0.2, -0.15) is 0 Å². The quantitative estimate of drug-likeness (QED) is 0.488. The fraction of sp³-hybridized carbons (Fsp3) is 0.167. The van der Waals surface area contributed by atoms with Crippen molar-refractivity contribution in [1.29, 1.82) is 0 Å². The van der Waals surface area contributed by atoms with E-state index in [9.17, 15) is 10.1 Å². The highest BCUT2D eigenvalue weighted by Gasteiger charge is 2.17. The first-order valence-electron chi connectivity index (χ1n) is 5.41. The Kier molecular flexibility index (Phi) is 3.91. The molecule has 19 heavy (non-hydrogen) atoms. The van der Waals surface area contributed by atoms with E-state index in [1.807, 2.05) is 0 Å². The summed E-state index contributed by atoms with van der Waals surface area (Å²) in [5, 5.41) is 11.2. The lowest BCUT2D eigenvalue weighted by Gasteiger charge is -2.06. The molecular weight excluding hydrogens is 270 g/mol. The molecule has 0 unspecified atom stereocenters. The fourth-order valence-electron chi connectivity index (χ4n) is 1.47. The molecule has 2 rings (SSSR count). The minimum Gasteiger partial charge on any atom is -0.481 e. The van der Waals surface area contributed by atoms with Crippen LogP contribution in [-0.4, -0.2) is 14.9 Å². The van der Waals surface area contributed by atoms with Gasteiger partial charge in [-0.05, 0) is 39.7 Å². The number of hydrogen-bond donors (Lipinski definition) is 0. The summed E-state index contributed by atoms with van der Waals surface area (Å²) in [6.45, 7) is 1.84. The van der Waals surface area contributed by atoms with Gasteiger partial charge < -0.3 is 14.9 Å². The van der Waals surface area contributed by atoms with Gasteiger partial charge in [-0.15, -0.1) is 0 Å². The zero-order valence-electron chi connectivity index (χ0n) is 10.0. The molecule has 0 saturated carbocycles. The summed E-state index contributed by atoms with van der Waals surface area (Å²) >= 11 is 5.74. The minimum absolute atomic E-state index is 0.128. The van der Waals surface area contributed by atoms with Crippen molar-refractivity contribution in [2.24, 2.45) is 0 Å². The Morgan fingerprint density at radius 3 is 2.89 bits per heavy atom. The van der Waals surface area contributed by atoms with E-state index in [1.165, 1.54) is 6.07 Å². The molecule has 0 fully saturated rings. The first kappa shape index (κ1) is 13.2. The van der Waals surface area contributed by atoms with Gasteiger partial charge in [0.05, 0.1) is 0 Å². The molecule has 2 heterocycles. The van der Waals surface area contributed by atoms with Crippen molar-refractivity contribution in [1.82, 2.24) is 9.97 Å². The number of aromatic nitrogens is 2. The molecule has 0 radical (unpaired) electrons. The number of rotatable bonds is 4. The average molecular weight is 280 g/mol. The molecule has 0 amide bonds. The van der Waals surface area contributed by atoms with Crippen LogP contribution in [0.4, 0.5) is 5.82 Å². The van der Waals surface area contributed by atoms with Crippen molar-refractivity contribution in [2.45, 2.75) is 13.5 Å². The third kappa shape index (κ3) is 3.38. The third-order valence-corrected chi connectivity index (χ3v) is 2.54. The van der Waals surface area contributed by atoms with Gasteiger partial charge in [0.1, 0.15) is 17.5 Å². The zero-order chi connectivity index (χ0) is 13.8. The number of pyridine rings is 2. The summed E-state index contributed by atoms with van der Waals surface area (Å²) < 4.78 is 5.40. The second-order valence-corrected chi connectivity index (χ2v) is 4.19. The molecule has 98 valence electrons. The lowest BCUT2D eigenvalue weighted by Crippen LogP contribution is -2.01. The molecule has 0 aromatic carbocycles. The van der Waals surface area contributed by atoms with Gasteiger partial charge in [-0.3, -0.25) is 0 Å². The Morgan fingerprint density at radius 2 is 2.21 bits per heavy atom. The molecule has 0 aliphatic rings. The van der Waals surface area contributed by atoms with Crippen molar-refractivity contribution < 1.29 is 9.66 Å². The molecule has 0 N–H and O–H groups in total. The van der Waals surface area contributed by atoms with E-state index in [0.29, 0.717) is 10.8 Å². The van der Waals surface area contributed by atoms with Gasteiger partial charge in [0, 0.05) is 13.1 Å². The molecule has 0 aliphatic carbocycles. The van der Waals surface area contributed by atoms with Crippen LogP contribution in [0.1, 0.15) is 11.3 Å². The Labute approximate surface area is 114 Å². The van der Waals surface area contributed by atoms with Crippen molar-refractivity contribution in [3.63, 3.8) is 0 Å². The van der Waals surface area contributed by atoms with Crippen LogP contribution in [0, 0.1) is 17.0 Å². The largest absolute Gasteiger partial charge is 0.481 e. The normalized spacial score (nSPS) is 10.2. The smallest absolute Gasteiger partial charge is 0.406 e. The van der Waals surface area contributed by atoms with Crippen LogP contribution in [0.5, 0.6) is 5.75 Å². The molecule has 0 saturated heterocycles. The molecule has 7 heteroatoms. The van der Waals surface area contributed by atoms with E-state index in [4.69, 9.17) is 16.3 Å². The van der Waals surface area contributed by atoms with Crippen molar-refractivity contribution in [3.8, 4) is 5.75 Å². The van der Waals surface area contributed by atoms with Gasteiger partial charge in [0.25, 0.3) is 0 Å². The van der Waals surface area contributed by atoms with Crippen LogP contribution in [-0.2, 0) is 6.61 Å². The van der Waals surface area contributed by atoms with E-state index in [1.54, 1.807) is 31.3 Å². The molecule has 0 aliphatic heterocycles. The van der Waals surface area contributed by atoms with Crippen LogP contribution < -0.4 is 4.74 Å². The number of nitrogens with zero attached hydrogens (tertiary/aromatic N) is 3. The second-order valence-electron chi connectivity index (χ2n) is 3.81. The van der Waals surface area contributed by atoms with Crippen molar-refractivity contribution >= 4 is 17.4 Å². The number of halogens is 1. The first-order valence-corrected chi connectivity index (χ1v) is 5.79. The Bertz CT molecular complexity index is 619. The summed E-state index contributed by atoms with van der Waals surface area (Å²) in [7, 11) is 0. The SMILES string of the molecule is Cc1ccc(OCc2ccnc(Cl)c2)c([N+](=O)[O-])n1. The standard InChI is InChI=1S/C12H10ClN3O3/c1-8-2-3-10(12(15-8)16(17)18)19-7-9-4-5-14-11(13)6-9/h2-6H,7H2,1H3. The van der Waals surface area contributed by atoms with Crippen LogP contribution in [0.2, 0.25) is 5.15 Å². The van der Waals surface area contributed by atoms with E-state index < -0.39 is 4.92 Å². The van der Waals surface area contributed by atoms with Crippen molar-refractivity contribution in [2.75, 3.05) is 0 Å². The highest BCUT2D eigenvalue weighted by Crippen LogP contribution is 2.25. The van der Waals surface area contributed by atoms with E-state index in [2.05, 4.69) is 9.97 Å². The Hall–Kier alpha value is -2.21. The maximum absolute atomic E-state index is 10.9. The van der Waals surface area contributed by atoms with E-state index >= 15 is 0 Å². The molecule has 0 bridgehead atoms. The molecule has 0 spiro atoms. The third-order valence-electron chi connectivity index (χ3n) is 2.34. The average Bonchev–Trinajstić information content (AvgIpc) is 2.37. The van der Waals surface area contributed by atoms with Crippen LogP contribution in [0.15, 0.2) is 30.5 Å². The monoisotopic (exact) mass is 279 g/mol. The predicted octanol–water partition coefficient (Wildman–Crippen LogP) is 2.93. The van der Waals surface area contributed by atoms with Crippen LogP contribution in [0.25, 0.3) is 0 Å². The topological polar surface area (TPSA) is 78.2 Å². The maximum Gasteiger partial charge on any atom is 0.406 e. The van der Waals surface area contributed by atoms with Gasteiger partial charge in [0.15, 0.2) is 0 Å². The molecule has 0 atom stereocenters. The molecular formula is C12H10ClN3O3. The van der Waals surface area contributed by atoms with Crippen LogP contribution >= 0.6 is 11.6 Å². The summed E-state index contributed by atoms with van der Waals surface area (Å²) in [4.78, 5) is 18.0. The summed E-state index contributed by atoms with van der Waals surface area (Å²) in [5.41, 5.74) is 1.33. The van der Waals surface area contributed by atoms with E-state index in [-0.39, 0.29) is 18.2 Å². The highest BCUT2D eigenvalue weighted by molar-refractivity contribution is 6.29.